The van der Waals surface area contributed by atoms with E-state index < -0.39 is 11.9 Å². The van der Waals surface area contributed by atoms with Crippen molar-refractivity contribution in [2.75, 3.05) is 13.2 Å². The van der Waals surface area contributed by atoms with Gasteiger partial charge in [0.2, 0.25) is 0 Å². The Labute approximate surface area is 504 Å². The Morgan fingerprint density at radius 2 is 0.765 bits per heavy atom. The summed E-state index contributed by atoms with van der Waals surface area (Å²) in [7, 11) is 0. The Hall–Kier alpha value is -8.94. The number of ether oxygens (including phenoxy) is 2. The molecule has 85 heavy (non-hydrogen) atoms. The zero-order chi connectivity index (χ0) is 57.7. The van der Waals surface area contributed by atoms with Gasteiger partial charge in [-0.3, -0.25) is 18.7 Å². The van der Waals surface area contributed by atoms with Gasteiger partial charge in [0.1, 0.15) is 40.8 Å². The van der Waals surface area contributed by atoms with Crippen molar-refractivity contribution >= 4 is 116 Å². The van der Waals surface area contributed by atoms with Crippen LogP contribution in [0.4, 0.5) is 11.6 Å². The molecule has 0 amide bonds. The second-order valence-corrected chi connectivity index (χ2v) is 25.0. The normalized spacial score (nSPS) is 13.4. The Kier molecular flexibility index (Phi) is 14.6. The number of fused-ring (bicyclic) bond motifs is 14. The van der Waals surface area contributed by atoms with Crippen molar-refractivity contribution in [1.82, 2.24) is 9.13 Å². The van der Waals surface area contributed by atoms with Gasteiger partial charge in [0.15, 0.2) is 23.3 Å². The SMILES string of the molecule is Cc1ccc(Sc2ccccc2)c2c1C1=Nc3c4c(Sc5ccccc5)ccc(Sc5ccccc5)c4c4n3Cn3c(c5c(OCCCC(=O)O)ccc(OCCCC(=O)O)c5c3=NC3=NC(=N4)c4c(C)ccc(Sc5ccccc5)c43)=NC2=N1. The van der Waals surface area contributed by atoms with E-state index in [-0.39, 0.29) is 45.6 Å². The van der Waals surface area contributed by atoms with Gasteiger partial charge in [0.05, 0.1) is 24.0 Å². The first kappa shape index (κ1) is 54.0. The van der Waals surface area contributed by atoms with Gasteiger partial charge in [-0.15, -0.1) is 0 Å². The van der Waals surface area contributed by atoms with Crippen LogP contribution < -0.4 is 20.4 Å². The summed E-state index contributed by atoms with van der Waals surface area (Å²) in [5.41, 5.74) is 6.07. The van der Waals surface area contributed by atoms with Crippen LogP contribution in [-0.2, 0) is 16.3 Å². The van der Waals surface area contributed by atoms with E-state index in [1.165, 1.54) is 0 Å². The molecule has 10 aromatic rings. The van der Waals surface area contributed by atoms with E-state index in [1.807, 2.05) is 84.9 Å². The smallest absolute Gasteiger partial charge is 0.303 e. The van der Waals surface area contributed by atoms with Gasteiger partial charge in [0, 0.05) is 85.0 Å². The first-order valence-corrected chi connectivity index (χ1v) is 30.9. The second kappa shape index (κ2) is 22.9. The minimum Gasteiger partial charge on any atom is -0.493 e. The topological polar surface area (TPSA) is 177 Å². The van der Waals surface area contributed by atoms with Crippen molar-refractivity contribution in [1.29, 1.82) is 0 Å². The van der Waals surface area contributed by atoms with E-state index in [0.29, 0.717) is 68.2 Å². The maximum absolute atomic E-state index is 11.9. The number of aromatic nitrogens is 2. The van der Waals surface area contributed by atoms with E-state index in [9.17, 15) is 19.8 Å². The summed E-state index contributed by atoms with van der Waals surface area (Å²) in [5.74, 6) is 1.98. The molecule has 14 rings (SSSR count). The summed E-state index contributed by atoms with van der Waals surface area (Å²) < 4.78 is 17.7. The van der Waals surface area contributed by atoms with Gasteiger partial charge >= 0.3 is 11.9 Å². The lowest BCUT2D eigenvalue weighted by atomic mass is 10.0. The van der Waals surface area contributed by atoms with Crippen molar-refractivity contribution in [3.05, 3.63) is 214 Å². The van der Waals surface area contributed by atoms with E-state index in [0.717, 1.165) is 83.3 Å². The summed E-state index contributed by atoms with van der Waals surface area (Å²) in [6.45, 7) is 4.37. The molecular formula is C67H50N8O6S4. The number of rotatable bonds is 18. The van der Waals surface area contributed by atoms with Crippen LogP contribution in [0.1, 0.15) is 59.1 Å². The minimum atomic E-state index is -0.933. The lowest BCUT2D eigenvalue weighted by Crippen LogP contribution is -2.32. The first-order valence-electron chi connectivity index (χ1n) is 27.7. The Balaban J connectivity index is 1.16. The van der Waals surface area contributed by atoms with Crippen molar-refractivity contribution in [3.8, 4) is 11.5 Å². The Morgan fingerprint density at radius 1 is 0.412 bits per heavy atom. The number of carboxylic acid groups (broad SMARTS) is 2. The molecule has 0 radical (unpaired) electrons. The molecule has 0 saturated heterocycles. The minimum absolute atomic E-state index is 0.0590. The standard InChI is InChI=1S/C67H50N8O6S4/c1-38-27-31-46(82-40-17-7-3-8-18-40)56-52(38)60-68-62(56)72-64-54-44(80-35-15-25-50(76)77)29-30-45(81-36-16-26-51(78)79)55(54)65-73-63-57-47(83-41-19-9-4-10-20-41)32-28-39(2)53(57)61(69-63)71-67-59-49(85-43-23-13-6-14-24-43)34-33-48(84-42-21-11-5-12-22-42)58(59)66(70-60)75(67)37-74(64)65/h3-14,17-24,27-34H,15-16,25-26,35-37H2,1-2H3,(H,76,77)(H,78,79). The number of nitrogens with zero attached hydrogens (tertiary/aromatic N) is 8. The summed E-state index contributed by atoms with van der Waals surface area (Å²) >= 11 is 6.55. The number of carbonyl (C=O) groups is 2. The number of benzene rings is 8. The second-order valence-electron chi connectivity index (χ2n) is 20.5. The van der Waals surface area contributed by atoms with Gasteiger partial charge in [-0.1, -0.05) is 132 Å². The molecule has 0 spiro atoms. The van der Waals surface area contributed by atoms with E-state index in [1.54, 1.807) is 47.0 Å². The molecule has 0 atom stereocenters. The van der Waals surface area contributed by atoms with E-state index >= 15 is 0 Å². The average Bonchev–Trinajstić information content (AvgIpc) is 2.72. The maximum Gasteiger partial charge on any atom is 0.303 e. The van der Waals surface area contributed by atoms with Gasteiger partial charge in [0.25, 0.3) is 0 Å². The van der Waals surface area contributed by atoms with Crippen molar-refractivity contribution in [3.63, 3.8) is 0 Å². The van der Waals surface area contributed by atoms with Crippen molar-refractivity contribution in [2.24, 2.45) is 30.0 Å². The fourth-order valence-corrected chi connectivity index (χ4v) is 14.9. The summed E-state index contributed by atoms with van der Waals surface area (Å²) in [5, 5.41) is 22.3. The van der Waals surface area contributed by atoms with Crippen LogP contribution >= 0.6 is 47.0 Å². The Bertz CT molecular complexity index is 4370. The highest BCUT2D eigenvalue weighted by molar-refractivity contribution is 8.00. The van der Waals surface area contributed by atoms with Crippen molar-refractivity contribution in [2.45, 2.75) is 85.4 Å². The lowest BCUT2D eigenvalue weighted by molar-refractivity contribution is -0.138. The van der Waals surface area contributed by atoms with Gasteiger partial charge in [-0.2, -0.15) is 0 Å². The molecule has 18 heteroatoms. The molecule has 8 aromatic carbocycles. The van der Waals surface area contributed by atoms with Crippen LogP contribution in [-0.4, -0.2) is 67.8 Å². The maximum atomic E-state index is 11.9. The third-order valence-electron chi connectivity index (χ3n) is 14.8. The summed E-state index contributed by atoms with van der Waals surface area (Å²) in [6, 6.07) is 57.6. The molecule has 0 saturated carbocycles. The number of aliphatic carboxylic acids is 2. The van der Waals surface area contributed by atoms with Gasteiger partial charge < -0.3 is 19.7 Å². The monoisotopic (exact) mass is 1190 g/mol. The molecule has 0 unspecified atom stereocenters. The van der Waals surface area contributed by atoms with Gasteiger partial charge in [-0.25, -0.2) is 30.0 Å². The summed E-state index contributed by atoms with van der Waals surface area (Å²) in [6.07, 6.45) is 0.266. The molecule has 4 aliphatic heterocycles. The third-order valence-corrected chi connectivity index (χ3v) is 19.1. The molecule has 6 bridgehead atoms. The Morgan fingerprint density at radius 3 is 1.14 bits per heavy atom. The van der Waals surface area contributed by atoms with Crippen LogP contribution in [0.25, 0.3) is 21.5 Å². The molecule has 6 heterocycles. The van der Waals surface area contributed by atoms with Crippen molar-refractivity contribution < 1.29 is 29.3 Å². The first-order chi connectivity index (χ1) is 41.6. The van der Waals surface area contributed by atoms with Crippen LogP contribution in [0, 0.1) is 13.8 Å². The predicted molar refractivity (Wildman–Crippen MR) is 336 cm³/mol. The highest BCUT2D eigenvalue weighted by Gasteiger charge is 2.36. The number of aliphatic imine (C=N–C) groups is 4. The lowest BCUT2D eigenvalue weighted by Gasteiger charge is -2.13. The zero-order valence-electron chi connectivity index (χ0n) is 45.9. The highest BCUT2D eigenvalue weighted by Crippen LogP contribution is 2.52. The third kappa shape index (κ3) is 10.3. The molecule has 4 aliphatic rings. The zero-order valence-corrected chi connectivity index (χ0v) is 49.1. The summed E-state index contributed by atoms with van der Waals surface area (Å²) in [4.78, 5) is 66.0. The van der Waals surface area contributed by atoms with Crippen LogP contribution in [0.3, 0.4) is 0 Å². The molecule has 0 fully saturated rings. The number of hydrogen-bond acceptors (Lipinski definition) is 14. The fraction of sp³-hybridized carbons (Fsp3) is 0.134. The molecule has 2 aromatic heterocycles. The molecule has 14 nitrogen and oxygen atoms in total. The fourth-order valence-electron chi connectivity index (χ4n) is 11.0. The molecule has 2 N–H and O–H groups in total. The number of hydrogen-bond donors (Lipinski definition) is 2. The molecule has 418 valence electrons. The van der Waals surface area contributed by atoms with Gasteiger partial charge in [-0.05, 0) is 123 Å². The molecular weight excluding hydrogens is 1140 g/mol. The largest absolute Gasteiger partial charge is 0.493 e. The van der Waals surface area contributed by atoms with Crippen LogP contribution in [0.15, 0.2) is 239 Å². The van der Waals surface area contributed by atoms with E-state index in [2.05, 4.69) is 108 Å². The highest BCUT2D eigenvalue weighted by atomic mass is 32.2. The van der Waals surface area contributed by atoms with Crippen LogP contribution in [0.2, 0.25) is 0 Å². The number of carboxylic acids is 2. The number of aryl methyl sites for hydroxylation is 2. The number of amidine groups is 4. The van der Waals surface area contributed by atoms with Crippen LogP contribution in [0.5, 0.6) is 11.5 Å². The molecule has 0 aliphatic carbocycles. The quantitative estimate of drug-likeness (QED) is 0.0786. The predicted octanol–water partition coefficient (Wildman–Crippen LogP) is 14.8. The average molecular weight is 1190 g/mol. The van der Waals surface area contributed by atoms with E-state index in [4.69, 9.17) is 39.4 Å².